The van der Waals surface area contributed by atoms with Crippen LogP contribution < -0.4 is 5.73 Å². The molecule has 2 nitrogen and oxygen atoms in total. The van der Waals surface area contributed by atoms with Gasteiger partial charge in [-0.25, -0.2) is 0 Å². The average Bonchev–Trinajstić information content (AvgIpc) is 2.81. The molecule has 118 valence electrons. The fourth-order valence-electron chi connectivity index (χ4n) is 4.57. The standard InChI is InChI=1S/C19H32N2/c1-4-14-5-7-15(8-6-14)13-21-10-9-16-17(20)11-19(2,3)12-18(16)21/h9-10,14-15,17H,4-8,11-13,20H2,1-3H3. The van der Waals surface area contributed by atoms with E-state index in [9.17, 15) is 0 Å². The summed E-state index contributed by atoms with van der Waals surface area (Å²) in [5.41, 5.74) is 9.68. The van der Waals surface area contributed by atoms with Gasteiger partial charge in [-0.05, 0) is 54.6 Å². The highest BCUT2D eigenvalue weighted by Gasteiger charge is 2.32. The average molecular weight is 288 g/mol. The van der Waals surface area contributed by atoms with Crippen LogP contribution in [0.1, 0.15) is 76.6 Å². The summed E-state index contributed by atoms with van der Waals surface area (Å²) in [5, 5.41) is 0. The van der Waals surface area contributed by atoms with Crippen LogP contribution in [0.3, 0.4) is 0 Å². The van der Waals surface area contributed by atoms with E-state index in [2.05, 4.69) is 37.6 Å². The van der Waals surface area contributed by atoms with Crippen molar-refractivity contribution in [3.63, 3.8) is 0 Å². The Bertz CT molecular complexity index is 478. The molecule has 3 rings (SSSR count). The number of hydrogen-bond donors (Lipinski definition) is 1. The second-order valence-electron chi connectivity index (χ2n) is 8.32. The SMILES string of the molecule is CCC1CCC(Cn2ccc3c2CC(C)(C)CC3N)CC1. The molecule has 0 radical (unpaired) electrons. The van der Waals surface area contributed by atoms with Crippen LogP contribution in [0.4, 0.5) is 0 Å². The Morgan fingerprint density at radius 3 is 2.52 bits per heavy atom. The number of aromatic nitrogens is 1. The van der Waals surface area contributed by atoms with E-state index in [1.54, 1.807) is 0 Å². The molecule has 1 atom stereocenters. The van der Waals surface area contributed by atoms with Crippen molar-refractivity contribution < 1.29 is 0 Å². The van der Waals surface area contributed by atoms with Crippen LogP contribution in [-0.2, 0) is 13.0 Å². The first-order chi connectivity index (χ1) is 9.98. The lowest BCUT2D eigenvalue weighted by Gasteiger charge is -2.35. The summed E-state index contributed by atoms with van der Waals surface area (Å²) >= 11 is 0. The van der Waals surface area contributed by atoms with Gasteiger partial charge < -0.3 is 10.3 Å². The lowest BCUT2D eigenvalue weighted by molar-refractivity contribution is 0.237. The van der Waals surface area contributed by atoms with E-state index in [-0.39, 0.29) is 6.04 Å². The summed E-state index contributed by atoms with van der Waals surface area (Å²) in [6, 6.07) is 2.52. The molecule has 1 saturated carbocycles. The van der Waals surface area contributed by atoms with E-state index in [4.69, 9.17) is 5.73 Å². The Hall–Kier alpha value is -0.760. The first-order valence-electron chi connectivity index (χ1n) is 8.92. The number of rotatable bonds is 3. The fourth-order valence-corrected chi connectivity index (χ4v) is 4.57. The molecule has 1 aromatic rings. The summed E-state index contributed by atoms with van der Waals surface area (Å²) in [6.07, 6.45) is 11.7. The van der Waals surface area contributed by atoms with Gasteiger partial charge in [0.25, 0.3) is 0 Å². The number of nitrogens with two attached hydrogens (primary N) is 1. The minimum atomic E-state index is 0.237. The molecule has 0 aromatic carbocycles. The highest BCUT2D eigenvalue weighted by molar-refractivity contribution is 5.30. The largest absolute Gasteiger partial charge is 0.351 e. The summed E-state index contributed by atoms with van der Waals surface area (Å²) in [4.78, 5) is 0. The maximum Gasteiger partial charge on any atom is 0.0318 e. The molecular formula is C19H32N2. The van der Waals surface area contributed by atoms with Crippen LogP contribution in [0.15, 0.2) is 12.3 Å². The van der Waals surface area contributed by atoms with Gasteiger partial charge in [-0.3, -0.25) is 0 Å². The van der Waals surface area contributed by atoms with E-state index >= 15 is 0 Å². The Balaban J connectivity index is 1.70. The molecule has 0 aliphatic heterocycles. The zero-order chi connectivity index (χ0) is 15.0. The first kappa shape index (κ1) is 15.1. The topological polar surface area (TPSA) is 30.9 Å². The van der Waals surface area contributed by atoms with E-state index in [0.29, 0.717) is 5.41 Å². The van der Waals surface area contributed by atoms with Crippen LogP contribution in [-0.4, -0.2) is 4.57 Å². The predicted molar refractivity (Wildman–Crippen MR) is 89.2 cm³/mol. The molecule has 2 N–H and O–H groups in total. The van der Waals surface area contributed by atoms with Gasteiger partial charge in [0.15, 0.2) is 0 Å². The van der Waals surface area contributed by atoms with Crippen molar-refractivity contribution in [2.24, 2.45) is 23.0 Å². The molecule has 1 fully saturated rings. The summed E-state index contributed by atoms with van der Waals surface area (Å²) in [7, 11) is 0. The lowest BCUT2D eigenvalue weighted by atomic mass is 9.74. The van der Waals surface area contributed by atoms with Crippen molar-refractivity contribution in [2.45, 2.75) is 78.3 Å². The Morgan fingerprint density at radius 1 is 1.19 bits per heavy atom. The highest BCUT2D eigenvalue weighted by atomic mass is 15.0. The Labute approximate surface area is 130 Å². The molecule has 0 bridgehead atoms. The molecule has 1 unspecified atom stereocenters. The van der Waals surface area contributed by atoms with Crippen molar-refractivity contribution in [1.82, 2.24) is 4.57 Å². The molecule has 21 heavy (non-hydrogen) atoms. The monoisotopic (exact) mass is 288 g/mol. The van der Waals surface area contributed by atoms with Crippen LogP contribution >= 0.6 is 0 Å². The van der Waals surface area contributed by atoms with Gasteiger partial charge in [-0.15, -0.1) is 0 Å². The van der Waals surface area contributed by atoms with Crippen LogP contribution in [0.25, 0.3) is 0 Å². The second-order valence-corrected chi connectivity index (χ2v) is 8.32. The summed E-state index contributed by atoms with van der Waals surface area (Å²) in [6.45, 7) is 8.28. The van der Waals surface area contributed by atoms with Crippen molar-refractivity contribution in [1.29, 1.82) is 0 Å². The minimum absolute atomic E-state index is 0.237. The van der Waals surface area contributed by atoms with Crippen LogP contribution in [0, 0.1) is 17.3 Å². The van der Waals surface area contributed by atoms with E-state index in [1.165, 1.54) is 56.3 Å². The van der Waals surface area contributed by atoms with Gasteiger partial charge in [0.1, 0.15) is 0 Å². The third-order valence-corrected chi connectivity index (χ3v) is 5.93. The van der Waals surface area contributed by atoms with Gasteiger partial charge in [0.05, 0.1) is 0 Å². The third-order valence-electron chi connectivity index (χ3n) is 5.93. The van der Waals surface area contributed by atoms with Crippen molar-refractivity contribution in [3.05, 3.63) is 23.5 Å². The maximum absolute atomic E-state index is 6.39. The number of fused-ring (bicyclic) bond motifs is 1. The van der Waals surface area contributed by atoms with E-state index < -0.39 is 0 Å². The number of nitrogens with zero attached hydrogens (tertiary/aromatic N) is 1. The van der Waals surface area contributed by atoms with Crippen molar-refractivity contribution >= 4 is 0 Å². The smallest absolute Gasteiger partial charge is 0.0318 e. The molecule has 0 saturated heterocycles. The van der Waals surface area contributed by atoms with Gasteiger partial charge in [0, 0.05) is 24.5 Å². The molecule has 2 aliphatic carbocycles. The molecule has 0 amide bonds. The Kier molecular flexibility index (Phi) is 4.18. The Morgan fingerprint density at radius 2 is 1.86 bits per heavy atom. The predicted octanol–water partition coefficient (Wildman–Crippen LogP) is 4.68. The number of hydrogen-bond acceptors (Lipinski definition) is 1. The molecule has 2 heteroatoms. The van der Waals surface area contributed by atoms with Crippen LogP contribution in [0.5, 0.6) is 0 Å². The molecule has 0 spiro atoms. The van der Waals surface area contributed by atoms with Gasteiger partial charge >= 0.3 is 0 Å². The molecule has 2 aliphatic rings. The van der Waals surface area contributed by atoms with E-state index in [1.807, 2.05) is 0 Å². The second kappa shape index (κ2) is 5.79. The van der Waals surface area contributed by atoms with Crippen LogP contribution in [0.2, 0.25) is 0 Å². The normalized spacial score (nSPS) is 31.9. The fraction of sp³-hybridized carbons (Fsp3) is 0.789. The molecule has 1 heterocycles. The third kappa shape index (κ3) is 3.21. The molecule has 1 aromatic heterocycles. The maximum atomic E-state index is 6.39. The quantitative estimate of drug-likeness (QED) is 0.860. The summed E-state index contributed by atoms with van der Waals surface area (Å²) < 4.78 is 2.53. The lowest BCUT2D eigenvalue weighted by Crippen LogP contribution is -2.31. The summed E-state index contributed by atoms with van der Waals surface area (Å²) in [5.74, 6) is 1.87. The minimum Gasteiger partial charge on any atom is -0.351 e. The van der Waals surface area contributed by atoms with Crippen molar-refractivity contribution in [2.75, 3.05) is 0 Å². The van der Waals surface area contributed by atoms with E-state index in [0.717, 1.165) is 18.3 Å². The molecular weight excluding hydrogens is 256 g/mol. The zero-order valence-electron chi connectivity index (χ0n) is 14.1. The highest BCUT2D eigenvalue weighted by Crippen LogP contribution is 2.40. The van der Waals surface area contributed by atoms with Crippen molar-refractivity contribution in [3.8, 4) is 0 Å². The first-order valence-corrected chi connectivity index (χ1v) is 8.92. The zero-order valence-corrected chi connectivity index (χ0v) is 14.1. The van der Waals surface area contributed by atoms with Gasteiger partial charge in [-0.2, -0.15) is 0 Å². The van der Waals surface area contributed by atoms with Gasteiger partial charge in [-0.1, -0.05) is 40.0 Å². The van der Waals surface area contributed by atoms with Gasteiger partial charge in [0.2, 0.25) is 0 Å².